The van der Waals surface area contributed by atoms with Crippen molar-refractivity contribution in [2.24, 2.45) is 0 Å². The molecule has 2 N–H and O–H groups in total. The summed E-state index contributed by atoms with van der Waals surface area (Å²) in [7, 11) is -7.55. The molecule has 1 heterocycles. The van der Waals surface area contributed by atoms with Crippen molar-refractivity contribution in [1.82, 2.24) is 4.31 Å². The molecule has 10 heteroatoms. The van der Waals surface area contributed by atoms with E-state index in [1.165, 1.54) is 46.8 Å². The number of nitrogens with one attached hydrogen (secondary N) is 2. The Morgan fingerprint density at radius 1 is 0.706 bits per heavy atom. The van der Waals surface area contributed by atoms with Crippen molar-refractivity contribution in [3.05, 3.63) is 84.4 Å². The van der Waals surface area contributed by atoms with E-state index < -0.39 is 26.0 Å². The summed E-state index contributed by atoms with van der Waals surface area (Å²) in [5.41, 5.74) is 0.590. The fraction of sp³-hybridized carbons (Fsp3) is 0.208. The van der Waals surface area contributed by atoms with Crippen molar-refractivity contribution in [2.45, 2.75) is 29.1 Å². The average Bonchev–Trinajstić information content (AvgIpc) is 2.86. The van der Waals surface area contributed by atoms with E-state index in [1.807, 2.05) is 0 Å². The van der Waals surface area contributed by atoms with Crippen molar-refractivity contribution in [3.8, 4) is 0 Å². The van der Waals surface area contributed by atoms with Gasteiger partial charge in [0.15, 0.2) is 0 Å². The van der Waals surface area contributed by atoms with Gasteiger partial charge >= 0.3 is 0 Å². The van der Waals surface area contributed by atoms with Crippen LogP contribution in [0.2, 0.25) is 0 Å². The van der Waals surface area contributed by atoms with Gasteiger partial charge in [0.25, 0.3) is 15.9 Å². The van der Waals surface area contributed by atoms with Gasteiger partial charge in [0.05, 0.1) is 21.2 Å². The molecule has 0 saturated carbocycles. The summed E-state index contributed by atoms with van der Waals surface area (Å²) in [5, 5.41) is 2.68. The van der Waals surface area contributed by atoms with E-state index >= 15 is 0 Å². The Kier molecular flexibility index (Phi) is 7.01. The van der Waals surface area contributed by atoms with Crippen molar-refractivity contribution >= 4 is 37.3 Å². The van der Waals surface area contributed by atoms with Gasteiger partial charge in [0, 0.05) is 18.7 Å². The summed E-state index contributed by atoms with van der Waals surface area (Å²) < 4.78 is 55.3. The van der Waals surface area contributed by atoms with E-state index in [4.69, 9.17) is 0 Å². The van der Waals surface area contributed by atoms with Crippen molar-refractivity contribution in [2.75, 3.05) is 23.1 Å². The largest absolute Gasteiger partial charge is 0.320 e. The molecule has 4 rings (SSSR count). The quantitative estimate of drug-likeness (QED) is 0.512. The summed E-state index contributed by atoms with van der Waals surface area (Å²) in [6.45, 7) is 0.932. The third-order valence-electron chi connectivity index (χ3n) is 5.52. The van der Waals surface area contributed by atoms with Crippen LogP contribution in [0.5, 0.6) is 0 Å². The van der Waals surface area contributed by atoms with E-state index in [2.05, 4.69) is 10.0 Å². The first-order valence-electron chi connectivity index (χ1n) is 10.9. The zero-order valence-electron chi connectivity index (χ0n) is 18.3. The van der Waals surface area contributed by atoms with E-state index in [0.717, 1.165) is 19.3 Å². The zero-order valence-corrected chi connectivity index (χ0v) is 20.0. The second kappa shape index (κ2) is 9.96. The number of anilines is 2. The van der Waals surface area contributed by atoms with Crippen LogP contribution in [0.3, 0.4) is 0 Å². The minimum absolute atomic E-state index is 0.0557. The van der Waals surface area contributed by atoms with Crippen LogP contribution in [-0.4, -0.2) is 40.1 Å². The van der Waals surface area contributed by atoms with Crippen LogP contribution in [0.15, 0.2) is 88.7 Å². The molecular formula is C24H25N3O5S2. The second-order valence-electron chi connectivity index (χ2n) is 7.91. The number of hydrogen-bond donors (Lipinski definition) is 2. The number of para-hydroxylation sites is 2. The predicted octanol–water partition coefficient (Wildman–Crippen LogP) is 3.91. The van der Waals surface area contributed by atoms with Gasteiger partial charge in [-0.3, -0.25) is 9.52 Å². The van der Waals surface area contributed by atoms with Crippen LogP contribution in [0, 0.1) is 0 Å². The molecule has 3 aromatic carbocycles. The summed E-state index contributed by atoms with van der Waals surface area (Å²) in [6.07, 6.45) is 2.63. The van der Waals surface area contributed by atoms with Gasteiger partial charge < -0.3 is 5.32 Å². The molecule has 8 nitrogen and oxygen atoms in total. The van der Waals surface area contributed by atoms with Crippen LogP contribution in [-0.2, 0) is 20.0 Å². The number of rotatable bonds is 7. The number of amides is 1. The molecule has 34 heavy (non-hydrogen) atoms. The molecule has 178 valence electrons. The minimum atomic E-state index is -3.86. The first-order valence-corrected chi connectivity index (χ1v) is 13.8. The maximum absolute atomic E-state index is 13.0. The van der Waals surface area contributed by atoms with Crippen molar-refractivity contribution in [3.63, 3.8) is 0 Å². The topological polar surface area (TPSA) is 113 Å². The third-order valence-corrected chi connectivity index (χ3v) is 8.80. The van der Waals surface area contributed by atoms with Gasteiger partial charge in [0.1, 0.15) is 0 Å². The highest BCUT2D eigenvalue weighted by molar-refractivity contribution is 7.92. The van der Waals surface area contributed by atoms with E-state index in [9.17, 15) is 21.6 Å². The minimum Gasteiger partial charge on any atom is -0.320 e. The lowest BCUT2D eigenvalue weighted by Gasteiger charge is -2.26. The first-order chi connectivity index (χ1) is 16.3. The maximum Gasteiger partial charge on any atom is 0.261 e. The van der Waals surface area contributed by atoms with Gasteiger partial charge in [-0.15, -0.1) is 0 Å². The fourth-order valence-corrected chi connectivity index (χ4v) is 6.40. The molecule has 3 aromatic rings. The third kappa shape index (κ3) is 5.30. The molecule has 0 aromatic heterocycles. The fourth-order valence-electron chi connectivity index (χ4n) is 3.73. The number of sulfonamides is 2. The Labute approximate surface area is 199 Å². The Bertz CT molecular complexity index is 1380. The summed E-state index contributed by atoms with van der Waals surface area (Å²) in [6, 6.07) is 20.2. The molecule has 1 saturated heterocycles. The zero-order chi connectivity index (χ0) is 24.2. The van der Waals surface area contributed by atoms with Gasteiger partial charge in [-0.05, 0) is 55.3 Å². The van der Waals surface area contributed by atoms with Gasteiger partial charge in [-0.2, -0.15) is 4.31 Å². The monoisotopic (exact) mass is 499 g/mol. The van der Waals surface area contributed by atoms with Crippen molar-refractivity contribution in [1.29, 1.82) is 0 Å². The molecule has 0 bridgehead atoms. The lowest BCUT2D eigenvalue weighted by molar-refractivity contribution is 0.102. The number of nitrogens with zero attached hydrogens (tertiary/aromatic N) is 1. The van der Waals surface area contributed by atoms with Crippen LogP contribution >= 0.6 is 0 Å². The number of benzene rings is 3. The molecule has 0 aliphatic carbocycles. The highest BCUT2D eigenvalue weighted by Gasteiger charge is 2.26. The first kappa shape index (κ1) is 23.9. The highest BCUT2D eigenvalue weighted by Crippen LogP contribution is 2.26. The van der Waals surface area contributed by atoms with Crippen LogP contribution in [0.1, 0.15) is 29.6 Å². The van der Waals surface area contributed by atoms with Crippen LogP contribution < -0.4 is 10.0 Å². The van der Waals surface area contributed by atoms with Crippen LogP contribution in [0.4, 0.5) is 11.4 Å². The number of carbonyl (C=O) groups is 1. The number of carbonyl (C=O) groups excluding carboxylic acids is 1. The Morgan fingerprint density at radius 2 is 1.32 bits per heavy atom. The summed E-state index contributed by atoms with van der Waals surface area (Å²) in [5.74, 6) is -0.554. The molecule has 1 fully saturated rings. The van der Waals surface area contributed by atoms with Gasteiger partial charge in [-0.25, -0.2) is 16.8 Å². The predicted molar refractivity (Wildman–Crippen MR) is 131 cm³/mol. The van der Waals surface area contributed by atoms with E-state index in [1.54, 1.807) is 36.4 Å². The molecule has 0 unspecified atom stereocenters. The molecule has 1 aliphatic rings. The summed E-state index contributed by atoms with van der Waals surface area (Å²) in [4.78, 5) is 13.1. The molecule has 1 aliphatic heterocycles. The number of hydrogen-bond acceptors (Lipinski definition) is 5. The average molecular weight is 500 g/mol. The molecular weight excluding hydrogens is 474 g/mol. The Hall–Kier alpha value is -3.21. The SMILES string of the molecule is O=C(Nc1ccccc1NS(=O)(=O)c1ccccc1)c1cccc(S(=O)(=O)N2CCCCC2)c1. The van der Waals surface area contributed by atoms with Gasteiger partial charge in [0.2, 0.25) is 10.0 Å². The molecule has 1 amide bonds. The smallest absolute Gasteiger partial charge is 0.261 e. The lowest BCUT2D eigenvalue weighted by atomic mass is 10.2. The normalized spacial score (nSPS) is 14.9. The number of piperidine rings is 1. The maximum atomic E-state index is 13.0. The standard InChI is InChI=1S/C24H25N3O5S2/c28-24(19-10-9-13-21(18-19)34(31,32)27-16-7-2-8-17-27)25-22-14-5-6-15-23(22)26-33(29,30)20-11-3-1-4-12-20/h1,3-6,9-15,18,26H,2,7-8,16-17H2,(H,25,28). The molecule has 0 atom stereocenters. The lowest BCUT2D eigenvalue weighted by Crippen LogP contribution is -2.35. The van der Waals surface area contributed by atoms with Crippen molar-refractivity contribution < 1.29 is 21.6 Å². The van der Waals surface area contributed by atoms with E-state index in [0.29, 0.717) is 13.1 Å². The Morgan fingerprint density at radius 3 is 2.03 bits per heavy atom. The highest BCUT2D eigenvalue weighted by atomic mass is 32.2. The van der Waals surface area contributed by atoms with E-state index in [-0.39, 0.29) is 26.7 Å². The second-order valence-corrected chi connectivity index (χ2v) is 11.5. The molecule has 0 spiro atoms. The van der Waals surface area contributed by atoms with Crippen LogP contribution in [0.25, 0.3) is 0 Å². The summed E-state index contributed by atoms with van der Waals surface area (Å²) >= 11 is 0. The Balaban J connectivity index is 1.56. The molecule has 0 radical (unpaired) electrons. The van der Waals surface area contributed by atoms with Gasteiger partial charge in [-0.1, -0.05) is 42.8 Å².